The summed E-state index contributed by atoms with van der Waals surface area (Å²) < 4.78 is 23.9. The molecular weight excluding hydrogens is 340 g/mol. The lowest BCUT2D eigenvalue weighted by Crippen LogP contribution is -2.29. The monoisotopic (exact) mass is 360 g/mol. The molecule has 0 unspecified atom stereocenters. The van der Waals surface area contributed by atoms with E-state index in [9.17, 15) is 18.5 Å². The number of nitro benzene ring substituents is 1. The van der Waals surface area contributed by atoms with Gasteiger partial charge in [0.25, 0.3) is 0 Å². The predicted octanol–water partition coefficient (Wildman–Crippen LogP) is 3.17. The number of sulfone groups is 1. The van der Waals surface area contributed by atoms with E-state index in [0.29, 0.717) is 12.2 Å². The molecular formula is C18H20N2O4S. The molecule has 0 aromatic heterocycles. The van der Waals surface area contributed by atoms with Gasteiger partial charge in [-0.25, -0.2) is 8.42 Å². The third-order valence-corrected chi connectivity index (χ3v) is 5.88. The van der Waals surface area contributed by atoms with Crippen LogP contribution in [0.2, 0.25) is 0 Å². The van der Waals surface area contributed by atoms with Gasteiger partial charge < -0.3 is 4.90 Å². The number of rotatable bonds is 6. The van der Waals surface area contributed by atoms with Crippen LogP contribution in [0.4, 0.5) is 11.4 Å². The van der Waals surface area contributed by atoms with Crippen LogP contribution in [-0.4, -0.2) is 33.2 Å². The first-order valence-corrected chi connectivity index (χ1v) is 9.88. The fourth-order valence-corrected chi connectivity index (χ4v) is 4.18. The highest BCUT2D eigenvalue weighted by atomic mass is 32.2. The molecule has 25 heavy (non-hydrogen) atoms. The smallest absolute Gasteiger partial charge is 0.311 e. The fraction of sp³-hybridized carbons (Fsp3) is 0.333. The van der Waals surface area contributed by atoms with Gasteiger partial charge >= 0.3 is 5.69 Å². The highest BCUT2D eigenvalue weighted by molar-refractivity contribution is 7.90. The van der Waals surface area contributed by atoms with Crippen molar-refractivity contribution in [2.24, 2.45) is 0 Å². The van der Waals surface area contributed by atoms with Crippen LogP contribution in [0.25, 0.3) is 0 Å². The molecule has 0 saturated heterocycles. The number of anilines is 1. The lowest BCUT2D eigenvalue weighted by Gasteiger charge is -2.26. The Morgan fingerprint density at radius 2 is 1.76 bits per heavy atom. The average Bonchev–Trinajstić information content (AvgIpc) is 3.35. The standard InChI is InChI=1S/C18H20N2O4S/c1-19(13-18(11-12-18)14-7-4-3-5-8-14)15-9-6-10-16(25(2,23)24)17(15)20(21)22/h3-10H,11-13H2,1-2H3. The Kier molecular flexibility index (Phi) is 4.28. The highest BCUT2D eigenvalue weighted by Crippen LogP contribution is 2.49. The van der Waals surface area contributed by atoms with Gasteiger partial charge in [-0.1, -0.05) is 36.4 Å². The van der Waals surface area contributed by atoms with Gasteiger partial charge in [-0.15, -0.1) is 0 Å². The first-order chi connectivity index (χ1) is 11.7. The highest BCUT2D eigenvalue weighted by Gasteiger charge is 2.45. The molecule has 0 amide bonds. The van der Waals surface area contributed by atoms with E-state index in [1.165, 1.54) is 11.6 Å². The molecule has 0 radical (unpaired) electrons. The molecule has 6 nitrogen and oxygen atoms in total. The van der Waals surface area contributed by atoms with Crippen molar-refractivity contribution in [3.63, 3.8) is 0 Å². The number of nitrogens with zero attached hydrogens (tertiary/aromatic N) is 2. The minimum absolute atomic E-state index is 0.0228. The Bertz CT molecular complexity index is 906. The molecule has 1 aliphatic rings. The summed E-state index contributed by atoms with van der Waals surface area (Å²) >= 11 is 0. The molecule has 0 spiro atoms. The molecule has 0 heterocycles. The lowest BCUT2D eigenvalue weighted by atomic mass is 9.95. The largest absolute Gasteiger partial charge is 0.368 e. The molecule has 0 aliphatic heterocycles. The van der Waals surface area contributed by atoms with Gasteiger partial charge in [0.2, 0.25) is 0 Å². The van der Waals surface area contributed by atoms with Crippen molar-refractivity contribution in [3.05, 3.63) is 64.2 Å². The van der Waals surface area contributed by atoms with E-state index in [2.05, 4.69) is 12.1 Å². The first kappa shape index (κ1) is 17.4. The van der Waals surface area contributed by atoms with Crippen LogP contribution in [0, 0.1) is 10.1 Å². The molecule has 0 bridgehead atoms. The molecule has 2 aromatic carbocycles. The van der Waals surface area contributed by atoms with Gasteiger partial charge in [0.15, 0.2) is 9.84 Å². The van der Waals surface area contributed by atoms with Crippen molar-refractivity contribution in [3.8, 4) is 0 Å². The summed E-state index contributed by atoms with van der Waals surface area (Å²) in [5.74, 6) is 0. The Balaban J connectivity index is 1.98. The SMILES string of the molecule is CN(CC1(c2ccccc2)CC1)c1cccc(S(C)(=O)=O)c1[N+](=O)[O-]. The van der Waals surface area contributed by atoms with Crippen molar-refractivity contribution in [2.75, 3.05) is 24.7 Å². The third-order valence-electron chi connectivity index (χ3n) is 4.75. The molecule has 1 fully saturated rings. The maximum absolute atomic E-state index is 11.9. The fourth-order valence-electron chi connectivity index (χ4n) is 3.32. The first-order valence-electron chi connectivity index (χ1n) is 7.99. The van der Waals surface area contributed by atoms with E-state index < -0.39 is 14.8 Å². The second-order valence-electron chi connectivity index (χ2n) is 6.66. The summed E-state index contributed by atoms with van der Waals surface area (Å²) in [7, 11) is -1.91. The Labute approximate surface area is 147 Å². The summed E-state index contributed by atoms with van der Waals surface area (Å²) in [5.41, 5.74) is 1.17. The molecule has 7 heteroatoms. The molecule has 1 saturated carbocycles. The molecule has 1 aliphatic carbocycles. The lowest BCUT2D eigenvalue weighted by molar-refractivity contribution is -0.387. The normalized spacial score (nSPS) is 15.6. The Morgan fingerprint density at radius 1 is 1.12 bits per heavy atom. The van der Waals surface area contributed by atoms with Gasteiger partial charge in [-0.3, -0.25) is 10.1 Å². The second kappa shape index (κ2) is 6.15. The average molecular weight is 360 g/mol. The van der Waals surface area contributed by atoms with Crippen LogP contribution < -0.4 is 4.90 Å². The van der Waals surface area contributed by atoms with Crippen molar-refractivity contribution in [2.45, 2.75) is 23.2 Å². The number of hydrogen-bond acceptors (Lipinski definition) is 5. The van der Waals surface area contributed by atoms with Crippen molar-refractivity contribution in [1.82, 2.24) is 0 Å². The number of hydrogen-bond donors (Lipinski definition) is 0. The van der Waals surface area contributed by atoms with Gasteiger partial charge in [0, 0.05) is 25.3 Å². The Morgan fingerprint density at radius 3 is 2.28 bits per heavy atom. The van der Waals surface area contributed by atoms with Crippen LogP contribution in [-0.2, 0) is 15.3 Å². The third kappa shape index (κ3) is 3.37. The van der Waals surface area contributed by atoms with E-state index in [1.54, 1.807) is 24.1 Å². The van der Waals surface area contributed by atoms with Gasteiger partial charge in [-0.05, 0) is 30.5 Å². The molecule has 132 valence electrons. The zero-order chi connectivity index (χ0) is 18.2. The summed E-state index contributed by atoms with van der Waals surface area (Å²) in [5, 5.41) is 11.6. The van der Waals surface area contributed by atoms with Crippen LogP contribution in [0.5, 0.6) is 0 Å². The van der Waals surface area contributed by atoms with E-state index in [1.807, 2.05) is 18.2 Å². The topological polar surface area (TPSA) is 80.5 Å². The van der Waals surface area contributed by atoms with E-state index in [-0.39, 0.29) is 16.0 Å². The van der Waals surface area contributed by atoms with Crippen LogP contribution in [0.1, 0.15) is 18.4 Å². The molecule has 3 rings (SSSR count). The van der Waals surface area contributed by atoms with Crippen LogP contribution >= 0.6 is 0 Å². The van der Waals surface area contributed by atoms with Gasteiger partial charge in [0.1, 0.15) is 10.6 Å². The minimum atomic E-state index is -3.68. The summed E-state index contributed by atoms with van der Waals surface area (Å²) in [6.45, 7) is 0.602. The summed E-state index contributed by atoms with van der Waals surface area (Å²) in [6, 6.07) is 14.5. The number of benzene rings is 2. The zero-order valence-corrected chi connectivity index (χ0v) is 15.0. The Hall–Kier alpha value is -2.41. The molecule has 0 atom stereocenters. The van der Waals surface area contributed by atoms with Crippen molar-refractivity contribution in [1.29, 1.82) is 0 Å². The minimum Gasteiger partial charge on any atom is -0.368 e. The zero-order valence-electron chi connectivity index (χ0n) is 14.2. The second-order valence-corrected chi connectivity index (χ2v) is 8.64. The predicted molar refractivity (Wildman–Crippen MR) is 96.8 cm³/mol. The van der Waals surface area contributed by atoms with Crippen LogP contribution in [0.3, 0.4) is 0 Å². The van der Waals surface area contributed by atoms with E-state index in [0.717, 1.165) is 19.1 Å². The molecule has 2 aromatic rings. The maximum atomic E-state index is 11.9. The maximum Gasteiger partial charge on any atom is 0.311 e. The summed E-state index contributed by atoms with van der Waals surface area (Å²) in [6.07, 6.45) is 3.02. The van der Waals surface area contributed by atoms with E-state index in [4.69, 9.17) is 0 Å². The van der Waals surface area contributed by atoms with Crippen LogP contribution in [0.15, 0.2) is 53.4 Å². The quantitative estimate of drug-likeness (QED) is 0.584. The number of nitro groups is 1. The summed E-state index contributed by atoms with van der Waals surface area (Å²) in [4.78, 5) is 12.5. The number of para-hydroxylation sites is 1. The van der Waals surface area contributed by atoms with Gasteiger partial charge in [-0.2, -0.15) is 0 Å². The van der Waals surface area contributed by atoms with Crippen molar-refractivity contribution < 1.29 is 13.3 Å². The molecule has 0 N–H and O–H groups in total. The van der Waals surface area contributed by atoms with Crippen molar-refractivity contribution >= 4 is 21.2 Å². The van der Waals surface area contributed by atoms with Gasteiger partial charge in [0.05, 0.1) is 4.92 Å². The van der Waals surface area contributed by atoms with E-state index >= 15 is 0 Å². The number of likely N-dealkylation sites (N-methyl/N-ethyl adjacent to an activating group) is 1.